The Labute approximate surface area is 121 Å². The number of nitrogens with zero attached hydrogens (tertiary/aromatic N) is 2. The Balaban J connectivity index is 1.93. The van der Waals surface area contributed by atoms with Crippen molar-refractivity contribution in [1.29, 1.82) is 0 Å². The van der Waals surface area contributed by atoms with E-state index in [0.717, 1.165) is 36.4 Å². The number of nitrogens with one attached hydrogen (secondary N) is 1. The van der Waals surface area contributed by atoms with Gasteiger partial charge < -0.3 is 14.6 Å². The molecule has 0 unspecified atom stereocenters. The van der Waals surface area contributed by atoms with Crippen LogP contribution in [0.25, 0.3) is 0 Å². The van der Waals surface area contributed by atoms with Crippen molar-refractivity contribution in [1.82, 2.24) is 14.9 Å². The predicted octanol–water partition coefficient (Wildman–Crippen LogP) is 2.43. The molecule has 4 nitrogen and oxygen atoms in total. The number of methoxy groups -OCH3 is 1. The molecule has 102 valence electrons. The fourth-order valence-electron chi connectivity index (χ4n) is 1.83. The fourth-order valence-corrected chi connectivity index (χ4v) is 2.06. The zero-order chi connectivity index (χ0) is 13.5. The Hall–Kier alpha value is -1.17. The lowest BCUT2D eigenvalue weighted by Crippen LogP contribution is -2.20. The molecule has 0 fully saturated rings. The van der Waals surface area contributed by atoms with Crippen LogP contribution in [0.1, 0.15) is 11.4 Å². The maximum absolute atomic E-state index is 5.01. The van der Waals surface area contributed by atoms with Crippen LogP contribution in [-0.2, 0) is 17.8 Å². The number of pyridine rings is 1. The number of aromatic nitrogens is 2. The number of hydrogen-bond acceptors (Lipinski definition) is 3. The Kier molecular flexibility index (Phi) is 5.57. The van der Waals surface area contributed by atoms with Crippen molar-refractivity contribution in [3.05, 3.63) is 52.5 Å². The summed E-state index contributed by atoms with van der Waals surface area (Å²) in [6.45, 7) is 3.22. The summed E-state index contributed by atoms with van der Waals surface area (Å²) in [5.74, 6) is 0. The largest absolute Gasteiger partial charge is 0.383 e. The normalized spacial score (nSPS) is 10.8. The molecule has 2 aromatic heterocycles. The fraction of sp³-hybridized carbons (Fsp3) is 0.357. The topological polar surface area (TPSA) is 39.1 Å². The number of halogens is 1. The summed E-state index contributed by atoms with van der Waals surface area (Å²) in [7, 11) is 1.71. The highest BCUT2D eigenvalue weighted by Crippen LogP contribution is 2.10. The second-order valence-electron chi connectivity index (χ2n) is 4.26. The molecule has 0 bridgehead atoms. The minimum absolute atomic E-state index is 0.731. The Morgan fingerprint density at radius 3 is 3.00 bits per heavy atom. The van der Waals surface area contributed by atoms with Gasteiger partial charge in [0, 0.05) is 42.8 Å². The molecule has 0 radical (unpaired) electrons. The van der Waals surface area contributed by atoms with Gasteiger partial charge in [-0.3, -0.25) is 4.98 Å². The summed E-state index contributed by atoms with van der Waals surface area (Å²) in [6.07, 6.45) is 3.91. The second kappa shape index (κ2) is 7.43. The van der Waals surface area contributed by atoms with Gasteiger partial charge in [0.1, 0.15) is 0 Å². The standard InChI is InChI=1S/C14H18BrN3O/c1-19-8-6-16-10-14-3-2-7-18(14)11-13-5-4-12(15)9-17-13/h2-5,7,9,16H,6,8,10-11H2,1H3. The van der Waals surface area contributed by atoms with Crippen LogP contribution in [-0.4, -0.2) is 29.8 Å². The molecular formula is C14H18BrN3O. The molecule has 5 heteroatoms. The number of hydrogen-bond donors (Lipinski definition) is 1. The van der Waals surface area contributed by atoms with E-state index in [4.69, 9.17) is 4.74 Å². The van der Waals surface area contributed by atoms with Crippen LogP contribution in [0.2, 0.25) is 0 Å². The summed E-state index contributed by atoms with van der Waals surface area (Å²) < 4.78 is 8.22. The smallest absolute Gasteiger partial charge is 0.0645 e. The van der Waals surface area contributed by atoms with Crippen molar-refractivity contribution in [2.45, 2.75) is 13.1 Å². The van der Waals surface area contributed by atoms with E-state index in [2.05, 4.69) is 49.1 Å². The minimum Gasteiger partial charge on any atom is -0.383 e. The van der Waals surface area contributed by atoms with Crippen LogP contribution < -0.4 is 5.32 Å². The van der Waals surface area contributed by atoms with E-state index in [1.165, 1.54) is 5.69 Å². The van der Waals surface area contributed by atoms with E-state index < -0.39 is 0 Å². The van der Waals surface area contributed by atoms with Gasteiger partial charge in [0.25, 0.3) is 0 Å². The molecule has 2 rings (SSSR count). The third-order valence-electron chi connectivity index (χ3n) is 2.83. The summed E-state index contributed by atoms with van der Waals surface area (Å²) in [6, 6.07) is 8.24. The third-order valence-corrected chi connectivity index (χ3v) is 3.30. The molecule has 0 aliphatic rings. The Morgan fingerprint density at radius 2 is 2.26 bits per heavy atom. The molecule has 19 heavy (non-hydrogen) atoms. The van der Waals surface area contributed by atoms with Crippen LogP contribution in [0.4, 0.5) is 0 Å². The summed E-state index contributed by atoms with van der Waals surface area (Å²) in [5.41, 5.74) is 2.30. The molecule has 2 heterocycles. The van der Waals surface area contributed by atoms with Crippen molar-refractivity contribution in [2.24, 2.45) is 0 Å². The van der Waals surface area contributed by atoms with E-state index in [1.54, 1.807) is 7.11 Å². The highest BCUT2D eigenvalue weighted by Gasteiger charge is 2.02. The van der Waals surface area contributed by atoms with Crippen LogP contribution in [0.5, 0.6) is 0 Å². The molecule has 0 atom stereocenters. The lowest BCUT2D eigenvalue weighted by molar-refractivity contribution is 0.199. The summed E-state index contributed by atoms with van der Waals surface area (Å²) >= 11 is 3.40. The highest BCUT2D eigenvalue weighted by molar-refractivity contribution is 9.10. The van der Waals surface area contributed by atoms with E-state index in [1.807, 2.05) is 18.3 Å². The molecule has 0 aliphatic heterocycles. The van der Waals surface area contributed by atoms with Crippen LogP contribution in [0.15, 0.2) is 41.1 Å². The molecule has 2 aromatic rings. The first-order valence-electron chi connectivity index (χ1n) is 6.23. The number of rotatable bonds is 7. The van der Waals surface area contributed by atoms with Gasteiger partial charge in [0.2, 0.25) is 0 Å². The minimum atomic E-state index is 0.731. The molecule has 0 spiro atoms. The number of ether oxygens (including phenoxy) is 1. The lowest BCUT2D eigenvalue weighted by atomic mass is 10.3. The van der Waals surface area contributed by atoms with E-state index in [-0.39, 0.29) is 0 Å². The van der Waals surface area contributed by atoms with Crippen LogP contribution in [0.3, 0.4) is 0 Å². The average molecular weight is 324 g/mol. The first-order chi connectivity index (χ1) is 9.29. The monoisotopic (exact) mass is 323 g/mol. The first-order valence-corrected chi connectivity index (χ1v) is 7.03. The van der Waals surface area contributed by atoms with Crippen LogP contribution in [0, 0.1) is 0 Å². The van der Waals surface area contributed by atoms with Crippen LogP contribution >= 0.6 is 15.9 Å². The average Bonchev–Trinajstić information content (AvgIpc) is 2.85. The van der Waals surface area contributed by atoms with Crippen molar-refractivity contribution in [3.63, 3.8) is 0 Å². The van der Waals surface area contributed by atoms with E-state index >= 15 is 0 Å². The Morgan fingerprint density at radius 1 is 1.37 bits per heavy atom. The molecule has 1 N–H and O–H groups in total. The maximum atomic E-state index is 5.01. The Bertz CT molecular complexity index is 496. The van der Waals surface area contributed by atoms with Crippen molar-refractivity contribution in [2.75, 3.05) is 20.3 Å². The van der Waals surface area contributed by atoms with Gasteiger partial charge in [-0.05, 0) is 40.2 Å². The maximum Gasteiger partial charge on any atom is 0.0645 e. The quantitative estimate of drug-likeness (QED) is 0.795. The second-order valence-corrected chi connectivity index (χ2v) is 5.18. The van der Waals surface area contributed by atoms with Gasteiger partial charge in [0.05, 0.1) is 18.8 Å². The molecule has 0 aromatic carbocycles. The third kappa shape index (κ3) is 4.45. The van der Waals surface area contributed by atoms with Gasteiger partial charge in [-0.25, -0.2) is 0 Å². The zero-order valence-corrected chi connectivity index (χ0v) is 12.6. The van der Waals surface area contributed by atoms with Gasteiger partial charge in [0.15, 0.2) is 0 Å². The van der Waals surface area contributed by atoms with E-state index in [0.29, 0.717) is 0 Å². The predicted molar refractivity (Wildman–Crippen MR) is 79.1 cm³/mol. The molecule has 0 saturated heterocycles. The first kappa shape index (κ1) is 14.2. The van der Waals surface area contributed by atoms with Gasteiger partial charge in [-0.2, -0.15) is 0 Å². The van der Waals surface area contributed by atoms with Gasteiger partial charge >= 0.3 is 0 Å². The summed E-state index contributed by atoms with van der Waals surface area (Å²) in [5, 5.41) is 3.35. The van der Waals surface area contributed by atoms with Crippen molar-refractivity contribution in [3.8, 4) is 0 Å². The highest BCUT2D eigenvalue weighted by atomic mass is 79.9. The zero-order valence-electron chi connectivity index (χ0n) is 11.0. The molecule has 0 aliphatic carbocycles. The molecule has 0 saturated carbocycles. The van der Waals surface area contributed by atoms with Gasteiger partial charge in [-0.1, -0.05) is 0 Å². The molecule has 0 amide bonds. The van der Waals surface area contributed by atoms with E-state index in [9.17, 15) is 0 Å². The van der Waals surface area contributed by atoms with Crippen molar-refractivity contribution < 1.29 is 4.74 Å². The SMILES string of the molecule is COCCNCc1cccn1Cc1ccc(Br)cn1. The van der Waals surface area contributed by atoms with Gasteiger partial charge in [-0.15, -0.1) is 0 Å². The van der Waals surface area contributed by atoms with Crippen molar-refractivity contribution >= 4 is 15.9 Å². The summed E-state index contributed by atoms with van der Waals surface area (Å²) in [4.78, 5) is 4.40. The lowest BCUT2D eigenvalue weighted by Gasteiger charge is -2.10. The molecular weight excluding hydrogens is 306 g/mol.